The second-order valence-electron chi connectivity index (χ2n) is 1.46. The SMILES string of the molecule is [C-]1=CC=CC=CC=C1.[Fe]. The Labute approximate surface area is 66.1 Å². The first-order valence-corrected chi connectivity index (χ1v) is 2.58. The van der Waals surface area contributed by atoms with Crippen LogP contribution in [0.25, 0.3) is 0 Å². The first kappa shape index (κ1) is 8.48. The molecule has 0 aromatic heterocycles. The van der Waals surface area contributed by atoms with Crippen LogP contribution in [-0.4, -0.2) is 0 Å². The van der Waals surface area contributed by atoms with Crippen LogP contribution >= 0.6 is 0 Å². The Morgan fingerprint density at radius 3 is 2.33 bits per heavy atom. The predicted molar refractivity (Wildman–Crippen MR) is 35.2 cm³/mol. The average molecular weight is 159 g/mol. The van der Waals surface area contributed by atoms with Gasteiger partial charge < -0.3 is 0 Å². The van der Waals surface area contributed by atoms with E-state index in [4.69, 9.17) is 0 Å². The third-order valence-corrected chi connectivity index (χ3v) is 0.829. The molecule has 0 nitrogen and oxygen atoms in total. The third kappa shape index (κ3) is 4.01. The predicted octanol–water partition coefficient (Wildman–Crippen LogP) is 2.03. The van der Waals surface area contributed by atoms with Crippen molar-refractivity contribution in [2.45, 2.75) is 0 Å². The molecule has 1 aliphatic rings. The molecule has 9 heavy (non-hydrogen) atoms. The molecule has 0 fully saturated rings. The van der Waals surface area contributed by atoms with E-state index >= 15 is 0 Å². The molecule has 1 rings (SSSR count). The molecule has 0 spiro atoms. The normalized spacial score (nSPS) is 14.2. The Bertz CT molecular complexity index is 105. The van der Waals surface area contributed by atoms with Crippen molar-refractivity contribution in [1.82, 2.24) is 0 Å². The summed E-state index contributed by atoms with van der Waals surface area (Å²) in [6, 6.07) is 0. The van der Waals surface area contributed by atoms with Gasteiger partial charge >= 0.3 is 0 Å². The largest absolute Gasteiger partial charge is 0.184 e. The molecule has 0 radical (unpaired) electrons. The van der Waals surface area contributed by atoms with E-state index < -0.39 is 0 Å². The van der Waals surface area contributed by atoms with Crippen LogP contribution in [0.15, 0.2) is 42.5 Å². The van der Waals surface area contributed by atoms with E-state index in [1.54, 1.807) is 0 Å². The van der Waals surface area contributed by atoms with E-state index in [1.807, 2.05) is 42.5 Å². The fourth-order valence-electron chi connectivity index (χ4n) is 0.470. The summed E-state index contributed by atoms with van der Waals surface area (Å²) in [5.74, 6) is 0. The molecule has 0 aromatic carbocycles. The van der Waals surface area contributed by atoms with E-state index in [2.05, 4.69) is 6.08 Å². The number of hydrogen-bond acceptors (Lipinski definition) is 0. The van der Waals surface area contributed by atoms with Gasteiger partial charge in [0, 0.05) is 17.1 Å². The van der Waals surface area contributed by atoms with Gasteiger partial charge in [-0.1, -0.05) is 6.08 Å². The maximum Gasteiger partial charge on any atom is 0 e. The Hall–Kier alpha value is -0.521. The fraction of sp³-hybridized carbons (Fsp3) is 0. The van der Waals surface area contributed by atoms with Crippen LogP contribution in [0.4, 0.5) is 0 Å². The van der Waals surface area contributed by atoms with Crippen molar-refractivity contribution >= 4 is 0 Å². The second-order valence-corrected chi connectivity index (χ2v) is 1.46. The second kappa shape index (κ2) is 5.61. The number of rotatable bonds is 0. The summed E-state index contributed by atoms with van der Waals surface area (Å²) in [4.78, 5) is 0. The molecule has 0 saturated carbocycles. The molecule has 0 amide bonds. The summed E-state index contributed by atoms with van der Waals surface area (Å²) in [7, 11) is 0. The molecule has 1 heteroatoms. The van der Waals surface area contributed by atoms with Gasteiger partial charge in [-0.3, -0.25) is 0 Å². The Kier molecular flexibility index (Phi) is 5.29. The van der Waals surface area contributed by atoms with Crippen LogP contribution in [-0.2, 0) is 17.1 Å². The summed E-state index contributed by atoms with van der Waals surface area (Å²) < 4.78 is 0. The maximum absolute atomic E-state index is 2.94. The molecule has 0 atom stereocenters. The van der Waals surface area contributed by atoms with Crippen LogP contribution in [0, 0.1) is 6.08 Å². The summed E-state index contributed by atoms with van der Waals surface area (Å²) in [5.41, 5.74) is 0. The maximum atomic E-state index is 2.94. The zero-order valence-corrected chi connectivity index (χ0v) is 6.00. The molecule has 0 N–H and O–H groups in total. The van der Waals surface area contributed by atoms with Crippen LogP contribution < -0.4 is 0 Å². The van der Waals surface area contributed by atoms with Crippen LogP contribution in [0.2, 0.25) is 0 Å². The molecule has 1 aliphatic carbocycles. The summed E-state index contributed by atoms with van der Waals surface area (Å²) in [6.45, 7) is 0. The first-order valence-electron chi connectivity index (χ1n) is 2.58. The zero-order valence-electron chi connectivity index (χ0n) is 4.90. The van der Waals surface area contributed by atoms with Gasteiger partial charge in [-0.2, -0.15) is 30.4 Å². The third-order valence-electron chi connectivity index (χ3n) is 0.829. The van der Waals surface area contributed by atoms with E-state index in [0.29, 0.717) is 0 Å². The molecule has 48 valence electrons. The first-order chi connectivity index (χ1) is 4.00. The average Bonchev–Trinajstić information content (AvgIpc) is 1.62. The summed E-state index contributed by atoms with van der Waals surface area (Å²) >= 11 is 0. The minimum absolute atomic E-state index is 0. The van der Waals surface area contributed by atoms with Crippen LogP contribution in [0.3, 0.4) is 0 Å². The Morgan fingerprint density at radius 2 is 1.44 bits per heavy atom. The van der Waals surface area contributed by atoms with E-state index in [1.165, 1.54) is 0 Å². The van der Waals surface area contributed by atoms with Crippen molar-refractivity contribution in [3.05, 3.63) is 48.6 Å². The van der Waals surface area contributed by atoms with Crippen LogP contribution in [0.1, 0.15) is 0 Å². The summed E-state index contributed by atoms with van der Waals surface area (Å²) in [6.07, 6.45) is 16.5. The van der Waals surface area contributed by atoms with Gasteiger partial charge in [-0.25, -0.2) is 0 Å². The quantitative estimate of drug-likeness (QED) is 0.374. The van der Waals surface area contributed by atoms with Gasteiger partial charge in [0.25, 0.3) is 0 Å². The molecule has 0 saturated heterocycles. The van der Waals surface area contributed by atoms with E-state index in [0.717, 1.165) is 0 Å². The molecule has 0 heterocycles. The molecular weight excluding hydrogens is 152 g/mol. The zero-order chi connectivity index (χ0) is 5.66. The van der Waals surface area contributed by atoms with Crippen molar-refractivity contribution in [3.63, 3.8) is 0 Å². The Morgan fingerprint density at radius 1 is 0.778 bits per heavy atom. The van der Waals surface area contributed by atoms with Gasteiger partial charge in [-0.05, 0) is 0 Å². The summed E-state index contributed by atoms with van der Waals surface area (Å²) in [5, 5.41) is 0. The van der Waals surface area contributed by atoms with Crippen molar-refractivity contribution < 1.29 is 17.1 Å². The van der Waals surface area contributed by atoms with Crippen molar-refractivity contribution in [3.8, 4) is 0 Å². The van der Waals surface area contributed by atoms with Crippen molar-refractivity contribution in [2.24, 2.45) is 0 Å². The van der Waals surface area contributed by atoms with E-state index in [-0.39, 0.29) is 17.1 Å². The van der Waals surface area contributed by atoms with Gasteiger partial charge in [-0.15, -0.1) is 12.2 Å². The molecule has 0 bridgehead atoms. The smallest absolute Gasteiger partial charge is 0 e. The topological polar surface area (TPSA) is 0 Å². The standard InChI is InChI=1S/C8H7.Fe/c1-2-4-6-8-7-5-3-1;/h1-7H;/q-1;. The van der Waals surface area contributed by atoms with E-state index in [9.17, 15) is 0 Å². The van der Waals surface area contributed by atoms with Crippen molar-refractivity contribution in [2.75, 3.05) is 0 Å². The molecular formula is C8H7Fe-. The van der Waals surface area contributed by atoms with Gasteiger partial charge in [0.05, 0.1) is 0 Å². The molecule has 0 aromatic rings. The minimum Gasteiger partial charge on any atom is -0.184 e. The van der Waals surface area contributed by atoms with Crippen molar-refractivity contribution in [1.29, 1.82) is 0 Å². The fourth-order valence-corrected chi connectivity index (χ4v) is 0.470. The molecule has 0 aliphatic heterocycles. The van der Waals surface area contributed by atoms with Gasteiger partial charge in [0.2, 0.25) is 0 Å². The minimum atomic E-state index is 0. The molecule has 0 unspecified atom stereocenters. The van der Waals surface area contributed by atoms with Gasteiger partial charge in [0.15, 0.2) is 0 Å². The number of allylic oxidation sites excluding steroid dienone is 8. The Balaban J connectivity index is 0.000000640. The number of hydrogen-bond donors (Lipinski definition) is 0. The van der Waals surface area contributed by atoms with Gasteiger partial charge in [0.1, 0.15) is 0 Å². The van der Waals surface area contributed by atoms with Crippen LogP contribution in [0.5, 0.6) is 0 Å². The monoisotopic (exact) mass is 159 g/mol.